The molecule has 0 fully saturated rings. The molecular formula is C26H19F. The van der Waals surface area contributed by atoms with Crippen LogP contribution < -0.4 is 0 Å². The lowest BCUT2D eigenvalue weighted by atomic mass is 9.86. The van der Waals surface area contributed by atoms with Crippen LogP contribution >= 0.6 is 0 Å². The van der Waals surface area contributed by atoms with Crippen molar-refractivity contribution >= 4 is 11.1 Å². The summed E-state index contributed by atoms with van der Waals surface area (Å²) in [7, 11) is 0. The van der Waals surface area contributed by atoms with Gasteiger partial charge >= 0.3 is 0 Å². The van der Waals surface area contributed by atoms with E-state index in [1.807, 2.05) is 66.7 Å². The lowest BCUT2D eigenvalue weighted by Gasteiger charge is -2.18. The monoisotopic (exact) mass is 350 g/mol. The molecule has 130 valence electrons. The topological polar surface area (TPSA) is 0 Å². The van der Waals surface area contributed by atoms with E-state index in [0.717, 1.165) is 33.4 Å². The Labute approximate surface area is 159 Å². The molecular weight excluding hydrogens is 331 g/mol. The Morgan fingerprint density at radius 2 is 0.667 bits per heavy atom. The number of hydrogen-bond acceptors (Lipinski definition) is 0. The number of hydrogen-bond donors (Lipinski definition) is 0. The number of halogens is 1. The Bertz CT molecular complexity index is 990. The van der Waals surface area contributed by atoms with E-state index in [4.69, 9.17) is 0 Å². The van der Waals surface area contributed by atoms with E-state index < -0.39 is 0 Å². The molecule has 0 nitrogen and oxygen atoms in total. The average Bonchev–Trinajstić information content (AvgIpc) is 2.75. The minimum atomic E-state index is -0.230. The van der Waals surface area contributed by atoms with Gasteiger partial charge < -0.3 is 0 Å². The second-order valence-corrected chi connectivity index (χ2v) is 6.35. The highest BCUT2D eigenvalue weighted by molar-refractivity contribution is 6.04. The van der Waals surface area contributed by atoms with E-state index >= 15 is 0 Å². The Kier molecular flexibility index (Phi) is 4.93. The quantitative estimate of drug-likeness (QED) is 0.354. The summed E-state index contributed by atoms with van der Waals surface area (Å²) in [6, 6.07) is 37.7. The first-order chi connectivity index (χ1) is 13.3. The van der Waals surface area contributed by atoms with Crippen molar-refractivity contribution in [1.29, 1.82) is 0 Å². The Hall–Kier alpha value is -3.45. The van der Waals surface area contributed by atoms with Gasteiger partial charge in [-0.05, 0) is 45.5 Å². The summed E-state index contributed by atoms with van der Waals surface area (Å²) in [5.41, 5.74) is 6.58. The molecule has 4 aromatic rings. The SMILES string of the molecule is Fc1ccc(C(=C(c2ccccc2)c2ccccc2)c2ccccc2)cc1. The zero-order chi connectivity index (χ0) is 18.5. The fourth-order valence-electron chi connectivity index (χ4n) is 3.34. The molecule has 0 atom stereocenters. The smallest absolute Gasteiger partial charge is 0.123 e. The van der Waals surface area contributed by atoms with Gasteiger partial charge in [-0.2, -0.15) is 0 Å². The van der Waals surface area contributed by atoms with Crippen molar-refractivity contribution in [3.05, 3.63) is 143 Å². The van der Waals surface area contributed by atoms with Crippen molar-refractivity contribution in [2.24, 2.45) is 0 Å². The molecule has 0 aliphatic rings. The van der Waals surface area contributed by atoms with Gasteiger partial charge in [-0.25, -0.2) is 4.39 Å². The molecule has 27 heavy (non-hydrogen) atoms. The molecule has 0 spiro atoms. The summed E-state index contributed by atoms with van der Waals surface area (Å²) in [4.78, 5) is 0. The van der Waals surface area contributed by atoms with Gasteiger partial charge in [-0.15, -0.1) is 0 Å². The van der Waals surface area contributed by atoms with E-state index in [2.05, 4.69) is 36.4 Å². The number of benzene rings is 4. The first-order valence-electron chi connectivity index (χ1n) is 8.99. The fraction of sp³-hybridized carbons (Fsp3) is 0. The van der Waals surface area contributed by atoms with Crippen molar-refractivity contribution < 1.29 is 4.39 Å². The van der Waals surface area contributed by atoms with Crippen molar-refractivity contribution in [1.82, 2.24) is 0 Å². The molecule has 0 saturated carbocycles. The predicted octanol–water partition coefficient (Wildman–Crippen LogP) is 6.83. The van der Waals surface area contributed by atoms with Crippen molar-refractivity contribution in [2.45, 2.75) is 0 Å². The minimum Gasteiger partial charge on any atom is -0.207 e. The van der Waals surface area contributed by atoms with Gasteiger partial charge in [-0.1, -0.05) is 103 Å². The summed E-state index contributed by atoms with van der Waals surface area (Å²) in [6.07, 6.45) is 0. The van der Waals surface area contributed by atoms with Crippen LogP contribution in [-0.2, 0) is 0 Å². The lowest BCUT2D eigenvalue weighted by molar-refractivity contribution is 0.627. The summed E-state index contributed by atoms with van der Waals surface area (Å²) >= 11 is 0. The van der Waals surface area contributed by atoms with Crippen LogP contribution in [-0.4, -0.2) is 0 Å². The molecule has 4 rings (SSSR count). The van der Waals surface area contributed by atoms with E-state index in [9.17, 15) is 4.39 Å². The first kappa shape index (κ1) is 17.0. The zero-order valence-corrected chi connectivity index (χ0v) is 14.8. The van der Waals surface area contributed by atoms with Crippen LogP contribution in [0.2, 0.25) is 0 Å². The third-order valence-corrected chi connectivity index (χ3v) is 4.57. The van der Waals surface area contributed by atoms with Gasteiger partial charge in [0.05, 0.1) is 0 Å². The Morgan fingerprint density at radius 1 is 0.370 bits per heavy atom. The third-order valence-electron chi connectivity index (χ3n) is 4.57. The van der Waals surface area contributed by atoms with Crippen LogP contribution in [0.1, 0.15) is 22.3 Å². The van der Waals surface area contributed by atoms with Crippen LogP contribution in [0.4, 0.5) is 4.39 Å². The maximum absolute atomic E-state index is 13.6. The summed E-state index contributed by atoms with van der Waals surface area (Å²) in [6.45, 7) is 0. The van der Waals surface area contributed by atoms with E-state index in [-0.39, 0.29) is 5.82 Å². The van der Waals surface area contributed by atoms with Gasteiger partial charge in [0.2, 0.25) is 0 Å². The first-order valence-corrected chi connectivity index (χ1v) is 8.99. The van der Waals surface area contributed by atoms with Gasteiger partial charge in [0.1, 0.15) is 5.82 Å². The largest absolute Gasteiger partial charge is 0.207 e. The maximum Gasteiger partial charge on any atom is 0.123 e. The molecule has 0 aliphatic heterocycles. The molecule has 0 unspecified atom stereocenters. The average molecular weight is 350 g/mol. The highest BCUT2D eigenvalue weighted by Gasteiger charge is 2.15. The van der Waals surface area contributed by atoms with Gasteiger partial charge in [-0.3, -0.25) is 0 Å². The molecule has 0 aromatic heterocycles. The van der Waals surface area contributed by atoms with E-state index in [1.54, 1.807) is 0 Å². The van der Waals surface area contributed by atoms with Crippen LogP contribution in [0.25, 0.3) is 11.1 Å². The second-order valence-electron chi connectivity index (χ2n) is 6.35. The molecule has 0 heterocycles. The summed E-state index contributed by atoms with van der Waals surface area (Å²) in [5, 5.41) is 0. The number of rotatable bonds is 4. The molecule has 0 saturated heterocycles. The molecule has 1 heteroatoms. The maximum atomic E-state index is 13.6. The standard InChI is InChI=1S/C26H19F/c27-24-18-16-23(17-19-24)26(22-14-8-3-9-15-22)25(20-10-4-1-5-11-20)21-12-6-2-7-13-21/h1-19H. The summed E-state index contributed by atoms with van der Waals surface area (Å²) < 4.78 is 13.6. The van der Waals surface area contributed by atoms with Crippen molar-refractivity contribution in [2.75, 3.05) is 0 Å². The highest BCUT2D eigenvalue weighted by atomic mass is 19.1. The van der Waals surface area contributed by atoms with Crippen LogP contribution in [0, 0.1) is 5.82 Å². The lowest BCUT2D eigenvalue weighted by Crippen LogP contribution is -1.97. The molecule has 0 N–H and O–H groups in total. The van der Waals surface area contributed by atoms with E-state index in [1.165, 1.54) is 12.1 Å². The minimum absolute atomic E-state index is 0.230. The third kappa shape index (κ3) is 3.73. The molecule has 0 radical (unpaired) electrons. The normalized spacial score (nSPS) is 10.4. The van der Waals surface area contributed by atoms with Crippen molar-refractivity contribution in [3.63, 3.8) is 0 Å². The van der Waals surface area contributed by atoms with E-state index in [0.29, 0.717) is 0 Å². The fourth-order valence-corrected chi connectivity index (χ4v) is 3.34. The van der Waals surface area contributed by atoms with Gasteiger partial charge in [0.25, 0.3) is 0 Å². The van der Waals surface area contributed by atoms with Crippen LogP contribution in [0.3, 0.4) is 0 Å². The Morgan fingerprint density at radius 3 is 1.00 bits per heavy atom. The van der Waals surface area contributed by atoms with Gasteiger partial charge in [0.15, 0.2) is 0 Å². The predicted molar refractivity (Wildman–Crippen MR) is 111 cm³/mol. The Balaban J connectivity index is 2.08. The van der Waals surface area contributed by atoms with Crippen LogP contribution in [0.5, 0.6) is 0 Å². The molecule has 0 amide bonds. The molecule has 0 bridgehead atoms. The zero-order valence-electron chi connectivity index (χ0n) is 14.8. The molecule has 0 aliphatic carbocycles. The molecule has 4 aromatic carbocycles. The van der Waals surface area contributed by atoms with Gasteiger partial charge in [0, 0.05) is 0 Å². The summed E-state index contributed by atoms with van der Waals surface area (Å²) in [5.74, 6) is -0.230. The van der Waals surface area contributed by atoms with Crippen molar-refractivity contribution in [3.8, 4) is 0 Å². The second kappa shape index (κ2) is 7.84. The van der Waals surface area contributed by atoms with Crippen LogP contribution in [0.15, 0.2) is 115 Å². The highest BCUT2D eigenvalue weighted by Crippen LogP contribution is 2.36.